The van der Waals surface area contributed by atoms with E-state index >= 15 is 0 Å². The monoisotopic (exact) mass is 224 g/mol. The standard InChI is InChI=1S/C12H8N4O/c1-16-5-4-12(15-16)17-11-3-2-9(7-13)10(6-11)8-14/h2-6H,1H3. The molecule has 0 saturated carbocycles. The maximum Gasteiger partial charge on any atom is 0.238 e. The Morgan fingerprint density at radius 1 is 1.18 bits per heavy atom. The lowest BCUT2D eigenvalue weighted by atomic mass is 10.1. The summed E-state index contributed by atoms with van der Waals surface area (Å²) in [5.74, 6) is 0.931. The Hall–Kier alpha value is -2.79. The van der Waals surface area contributed by atoms with Crippen LogP contribution in [0.25, 0.3) is 0 Å². The first-order chi connectivity index (χ1) is 8.22. The van der Waals surface area contributed by atoms with Crippen molar-refractivity contribution in [3.63, 3.8) is 0 Å². The number of aryl methyl sites for hydroxylation is 1. The summed E-state index contributed by atoms with van der Waals surface area (Å²) in [6.07, 6.45) is 1.75. The number of nitriles is 2. The highest BCUT2D eigenvalue weighted by Gasteiger charge is 2.05. The van der Waals surface area contributed by atoms with E-state index in [1.54, 1.807) is 36.1 Å². The van der Waals surface area contributed by atoms with Crippen molar-refractivity contribution in [2.75, 3.05) is 0 Å². The lowest BCUT2D eigenvalue weighted by molar-refractivity contribution is 0.454. The summed E-state index contributed by atoms with van der Waals surface area (Å²) < 4.78 is 7.06. The van der Waals surface area contributed by atoms with E-state index < -0.39 is 0 Å². The molecular weight excluding hydrogens is 216 g/mol. The predicted molar refractivity (Wildman–Crippen MR) is 59.2 cm³/mol. The van der Waals surface area contributed by atoms with Crippen molar-refractivity contribution in [2.24, 2.45) is 7.05 Å². The normalized spacial score (nSPS) is 9.35. The Morgan fingerprint density at radius 3 is 2.53 bits per heavy atom. The summed E-state index contributed by atoms with van der Waals surface area (Å²) in [5, 5.41) is 21.7. The van der Waals surface area contributed by atoms with Gasteiger partial charge in [-0.2, -0.15) is 10.5 Å². The molecule has 82 valence electrons. The molecule has 0 N–H and O–H groups in total. The maximum absolute atomic E-state index is 8.87. The fourth-order valence-corrected chi connectivity index (χ4v) is 1.35. The average Bonchev–Trinajstić information content (AvgIpc) is 2.74. The summed E-state index contributed by atoms with van der Waals surface area (Å²) in [6, 6.07) is 10.3. The molecule has 0 spiro atoms. The number of aromatic nitrogens is 2. The quantitative estimate of drug-likeness (QED) is 0.781. The van der Waals surface area contributed by atoms with Crippen molar-refractivity contribution in [3.8, 4) is 23.8 Å². The third-order valence-electron chi connectivity index (χ3n) is 2.14. The van der Waals surface area contributed by atoms with Crippen LogP contribution in [-0.4, -0.2) is 9.78 Å². The van der Waals surface area contributed by atoms with Gasteiger partial charge in [0.05, 0.1) is 11.1 Å². The zero-order valence-corrected chi connectivity index (χ0v) is 9.08. The summed E-state index contributed by atoms with van der Waals surface area (Å²) in [4.78, 5) is 0. The van der Waals surface area contributed by atoms with Gasteiger partial charge in [0, 0.05) is 19.3 Å². The molecule has 2 rings (SSSR count). The first-order valence-corrected chi connectivity index (χ1v) is 4.84. The van der Waals surface area contributed by atoms with E-state index in [1.807, 2.05) is 12.1 Å². The number of nitrogens with zero attached hydrogens (tertiary/aromatic N) is 4. The molecule has 0 fully saturated rings. The van der Waals surface area contributed by atoms with Gasteiger partial charge in [0.25, 0.3) is 0 Å². The molecule has 0 amide bonds. The van der Waals surface area contributed by atoms with Gasteiger partial charge in [-0.15, -0.1) is 5.10 Å². The van der Waals surface area contributed by atoms with Gasteiger partial charge in [-0.1, -0.05) is 0 Å². The van der Waals surface area contributed by atoms with Gasteiger partial charge in [0.15, 0.2) is 0 Å². The molecule has 0 aliphatic heterocycles. The van der Waals surface area contributed by atoms with Crippen LogP contribution in [0.2, 0.25) is 0 Å². The second kappa shape index (κ2) is 4.38. The van der Waals surface area contributed by atoms with E-state index in [4.69, 9.17) is 15.3 Å². The summed E-state index contributed by atoms with van der Waals surface area (Å²) in [6.45, 7) is 0. The number of rotatable bonds is 2. The first-order valence-electron chi connectivity index (χ1n) is 4.84. The Balaban J connectivity index is 2.30. The van der Waals surface area contributed by atoms with Crippen molar-refractivity contribution < 1.29 is 4.74 Å². The van der Waals surface area contributed by atoms with E-state index in [1.165, 1.54) is 6.07 Å². The highest BCUT2D eigenvalue weighted by Crippen LogP contribution is 2.22. The Kier molecular flexibility index (Phi) is 2.76. The minimum Gasteiger partial charge on any atom is -0.438 e. The number of hydrogen-bond donors (Lipinski definition) is 0. The molecule has 0 aliphatic rings. The minimum absolute atomic E-state index is 0.293. The van der Waals surface area contributed by atoms with Crippen molar-refractivity contribution >= 4 is 0 Å². The van der Waals surface area contributed by atoms with E-state index in [0.29, 0.717) is 22.8 Å². The second-order valence-electron chi connectivity index (χ2n) is 3.36. The van der Waals surface area contributed by atoms with Crippen LogP contribution in [0.5, 0.6) is 11.6 Å². The topological polar surface area (TPSA) is 74.6 Å². The summed E-state index contributed by atoms with van der Waals surface area (Å²) in [7, 11) is 1.78. The van der Waals surface area contributed by atoms with Crippen molar-refractivity contribution in [3.05, 3.63) is 41.6 Å². The molecule has 5 nitrogen and oxygen atoms in total. The van der Waals surface area contributed by atoms with Crippen LogP contribution in [0.1, 0.15) is 11.1 Å². The highest BCUT2D eigenvalue weighted by molar-refractivity contribution is 5.49. The predicted octanol–water partition coefficient (Wildman–Crippen LogP) is 1.96. The molecule has 17 heavy (non-hydrogen) atoms. The number of ether oxygens (including phenoxy) is 1. The maximum atomic E-state index is 8.87. The Bertz CT molecular complexity index is 631. The molecule has 0 atom stereocenters. The molecule has 1 aromatic carbocycles. The second-order valence-corrected chi connectivity index (χ2v) is 3.36. The molecule has 0 unspecified atom stereocenters. The lowest BCUT2D eigenvalue weighted by Gasteiger charge is -2.02. The molecule has 1 heterocycles. The van der Waals surface area contributed by atoms with Crippen LogP contribution >= 0.6 is 0 Å². The summed E-state index contributed by atoms with van der Waals surface area (Å²) in [5.41, 5.74) is 0.627. The zero-order valence-electron chi connectivity index (χ0n) is 9.08. The SMILES string of the molecule is Cn1ccc(Oc2ccc(C#N)c(C#N)c2)n1. The van der Waals surface area contributed by atoms with E-state index in [0.717, 1.165) is 0 Å². The van der Waals surface area contributed by atoms with Gasteiger partial charge >= 0.3 is 0 Å². The van der Waals surface area contributed by atoms with E-state index in [-0.39, 0.29) is 0 Å². The van der Waals surface area contributed by atoms with Crippen LogP contribution < -0.4 is 4.74 Å². The summed E-state index contributed by atoms with van der Waals surface area (Å²) >= 11 is 0. The smallest absolute Gasteiger partial charge is 0.238 e. The van der Waals surface area contributed by atoms with Gasteiger partial charge < -0.3 is 4.74 Å². The minimum atomic E-state index is 0.293. The van der Waals surface area contributed by atoms with Crippen LogP contribution in [0, 0.1) is 22.7 Å². The van der Waals surface area contributed by atoms with Crippen molar-refractivity contribution in [1.82, 2.24) is 9.78 Å². The fraction of sp³-hybridized carbons (Fsp3) is 0.0833. The molecule has 0 bridgehead atoms. The van der Waals surface area contributed by atoms with Crippen LogP contribution in [0.15, 0.2) is 30.5 Å². The van der Waals surface area contributed by atoms with E-state index in [9.17, 15) is 0 Å². The Morgan fingerprint density at radius 2 is 1.94 bits per heavy atom. The zero-order chi connectivity index (χ0) is 12.3. The van der Waals surface area contributed by atoms with Crippen LogP contribution in [0.4, 0.5) is 0 Å². The molecule has 1 aromatic heterocycles. The van der Waals surface area contributed by atoms with Gasteiger partial charge in [-0.25, -0.2) is 0 Å². The third kappa shape index (κ3) is 2.24. The van der Waals surface area contributed by atoms with E-state index in [2.05, 4.69) is 5.10 Å². The molecule has 0 aliphatic carbocycles. The average molecular weight is 224 g/mol. The molecule has 5 heteroatoms. The van der Waals surface area contributed by atoms with Gasteiger partial charge in [0.2, 0.25) is 5.88 Å². The van der Waals surface area contributed by atoms with Crippen molar-refractivity contribution in [2.45, 2.75) is 0 Å². The van der Waals surface area contributed by atoms with Crippen molar-refractivity contribution in [1.29, 1.82) is 10.5 Å². The first kappa shape index (κ1) is 10.7. The molecule has 2 aromatic rings. The van der Waals surface area contributed by atoms with Gasteiger partial charge in [-0.3, -0.25) is 4.68 Å². The number of hydrogen-bond acceptors (Lipinski definition) is 4. The Labute approximate surface area is 98.1 Å². The molecular formula is C12H8N4O. The van der Waals surface area contributed by atoms with Gasteiger partial charge in [0.1, 0.15) is 17.9 Å². The third-order valence-corrected chi connectivity index (χ3v) is 2.14. The lowest BCUT2D eigenvalue weighted by Crippen LogP contribution is -1.91. The van der Waals surface area contributed by atoms with Crippen LogP contribution in [-0.2, 0) is 7.05 Å². The largest absolute Gasteiger partial charge is 0.438 e. The number of benzene rings is 1. The molecule has 0 radical (unpaired) electrons. The molecule has 0 saturated heterocycles. The van der Waals surface area contributed by atoms with Gasteiger partial charge in [-0.05, 0) is 18.2 Å². The highest BCUT2D eigenvalue weighted by atomic mass is 16.5. The van der Waals surface area contributed by atoms with Crippen LogP contribution in [0.3, 0.4) is 0 Å². The fourth-order valence-electron chi connectivity index (χ4n) is 1.35.